The van der Waals surface area contributed by atoms with E-state index in [9.17, 15) is 4.79 Å². The summed E-state index contributed by atoms with van der Waals surface area (Å²) in [7, 11) is 0. The third-order valence-corrected chi connectivity index (χ3v) is 5.23. The Morgan fingerprint density at radius 1 is 1.38 bits per heavy atom. The molecule has 0 aromatic rings. The molecule has 0 saturated heterocycles. The molecule has 1 nitrogen and oxygen atoms in total. The molecule has 0 aromatic heterocycles. The van der Waals surface area contributed by atoms with Crippen molar-refractivity contribution in [3.05, 3.63) is 0 Å². The van der Waals surface area contributed by atoms with Gasteiger partial charge in [-0.1, -0.05) is 0 Å². The van der Waals surface area contributed by atoms with Gasteiger partial charge in [0.05, 0.1) is 0 Å². The number of hydrogen-bond donors (Lipinski definition) is 0. The fraction of sp³-hybridized carbons (Fsp3) is 0.833. The maximum atomic E-state index is 10.5. The second-order valence-electron chi connectivity index (χ2n) is 3.44. The Morgan fingerprint density at radius 2 is 1.75 bits per heavy atom. The van der Waals surface area contributed by atoms with Crippen LogP contribution >= 0.6 is 0 Å². The second-order valence-corrected chi connectivity index (χ2v) is 19.1. The maximum absolute atomic E-state index is 10.5. The van der Waals surface area contributed by atoms with E-state index < -0.39 is 18.4 Å². The van der Waals surface area contributed by atoms with Gasteiger partial charge in [0.25, 0.3) is 0 Å². The molecule has 0 aliphatic heterocycles. The minimum absolute atomic E-state index is 0.369. The minimum atomic E-state index is -1.71. The first-order chi connectivity index (χ1) is 3.42. The van der Waals surface area contributed by atoms with E-state index in [1.54, 1.807) is 6.92 Å². The van der Waals surface area contributed by atoms with Gasteiger partial charge in [-0.25, -0.2) is 0 Å². The zero-order chi connectivity index (χ0) is 6.78. The molecule has 0 aromatic carbocycles. The Balaban J connectivity index is 3.55. The molecule has 2 heteroatoms. The van der Waals surface area contributed by atoms with Crippen LogP contribution in [0.4, 0.5) is 0 Å². The van der Waals surface area contributed by atoms with Crippen LogP contribution in [0.2, 0.25) is 19.3 Å². The van der Waals surface area contributed by atoms with Crippen LogP contribution in [0.3, 0.4) is 0 Å². The van der Waals surface area contributed by atoms with Crippen molar-refractivity contribution in [3.8, 4) is 0 Å². The van der Waals surface area contributed by atoms with E-state index in [1.165, 1.54) is 0 Å². The van der Waals surface area contributed by atoms with Gasteiger partial charge >= 0.3 is 55.1 Å². The third kappa shape index (κ3) is 6.47. The summed E-state index contributed by atoms with van der Waals surface area (Å²) in [5, 5.41) is 0. The SMILES string of the molecule is CC(=O)[CH2][Sn]([CH3])([CH3])[CH3]. The summed E-state index contributed by atoms with van der Waals surface area (Å²) >= 11 is -1.71. The molecule has 0 N–H and O–H groups in total. The molecule has 0 atom stereocenters. The zero-order valence-electron chi connectivity index (χ0n) is 6.12. The van der Waals surface area contributed by atoms with E-state index in [0.29, 0.717) is 5.78 Å². The van der Waals surface area contributed by atoms with Gasteiger partial charge in [0.1, 0.15) is 0 Å². The Bertz CT molecular complexity index is 91.2. The quantitative estimate of drug-likeness (QED) is 0.650. The van der Waals surface area contributed by atoms with Crippen LogP contribution in [0.15, 0.2) is 0 Å². The van der Waals surface area contributed by atoms with E-state index in [1.807, 2.05) is 0 Å². The van der Waals surface area contributed by atoms with Crippen LogP contribution in [0, 0.1) is 0 Å². The average Bonchev–Trinajstić information content (AvgIpc) is 1.21. The standard InChI is InChI=1S/C3H5O.3CH3.Sn/c1-3(2)4;;;;/h1H2,2H3;3*1H3;. The van der Waals surface area contributed by atoms with Crippen molar-refractivity contribution >= 4 is 24.2 Å². The Hall–Kier alpha value is 0.469. The van der Waals surface area contributed by atoms with Gasteiger partial charge in [-0.15, -0.1) is 0 Å². The summed E-state index contributed by atoms with van der Waals surface area (Å²) in [6.07, 6.45) is 0. The first kappa shape index (κ1) is 8.47. The predicted octanol–water partition coefficient (Wildman–Crippen LogP) is 1.91. The van der Waals surface area contributed by atoms with E-state index in [2.05, 4.69) is 14.8 Å². The van der Waals surface area contributed by atoms with E-state index in [-0.39, 0.29) is 0 Å². The Morgan fingerprint density at radius 3 is 1.75 bits per heavy atom. The molecular weight excluding hydrogens is 207 g/mol. The molecule has 0 radical (unpaired) electrons. The molecule has 48 valence electrons. The summed E-state index contributed by atoms with van der Waals surface area (Å²) in [6.45, 7) is 1.68. The Kier molecular flexibility index (Phi) is 3.02. The molecule has 0 amide bonds. The Labute approximate surface area is 55.3 Å². The molecule has 0 unspecified atom stereocenters. The fourth-order valence-corrected chi connectivity index (χ4v) is 5.01. The summed E-state index contributed by atoms with van der Waals surface area (Å²) < 4.78 is 0.897. The van der Waals surface area contributed by atoms with Crippen molar-refractivity contribution in [2.45, 2.75) is 26.2 Å². The third-order valence-electron chi connectivity index (χ3n) is 0.779. The number of rotatable bonds is 2. The normalized spacial score (nSPS) is 11.5. The molecule has 0 bridgehead atoms. The van der Waals surface area contributed by atoms with Gasteiger partial charge in [-0.3, -0.25) is 0 Å². The van der Waals surface area contributed by atoms with Crippen LogP contribution < -0.4 is 0 Å². The number of hydrogen-bond acceptors (Lipinski definition) is 1. The van der Waals surface area contributed by atoms with Crippen molar-refractivity contribution < 1.29 is 4.79 Å². The van der Waals surface area contributed by atoms with Crippen molar-refractivity contribution in [2.24, 2.45) is 0 Å². The van der Waals surface area contributed by atoms with E-state index in [0.717, 1.165) is 4.44 Å². The first-order valence-corrected chi connectivity index (χ1v) is 13.5. The van der Waals surface area contributed by atoms with Crippen LogP contribution in [0.1, 0.15) is 6.92 Å². The van der Waals surface area contributed by atoms with Gasteiger partial charge in [0.2, 0.25) is 0 Å². The topological polar surface area (TPSA) is 17.1 Å². The van der Waals surface area contributed by atoms with E-state index >= 15 is 0 Å². The fourth-order valence-electron chi connectivity index (χ4n) is 0.747. The van der Waals surface area contributed by atoms with Crippen molar-refractivity contribution in [1.82, 2.24) is 0 Å². The summed E-state index contributed by atoms with van der Waals surface area (Å²) in [4.78, 5) is 17.3. The molecule has 8 heavy (non-hydrogen) atoms. The van der Waals surface area contributed by atoms with Crippen LogP contribution in [-0.2, 0) is 4.79 Å². The van der Waals surface area contributed by atoms with Gasteiger partial charge in [0, 0.05) is 0 Å². The zero-order valence-corrected chi connectivity index (χ0v) is 8.97. The van der Waals surface area contributed by atoms with Crippen molar-refractivity contribution in [2.75, 3.05) is 0 Å². The molecule has 0 heterocycles. The summed E-state index contributed by atoms with van der Waals surface area (Å²) in [6, 6.07) is 0. The van der Waals surface area contributed by atoms with Crippen molar-refractivity contribution in [3.63, 3.8) is 0 Å². The van der Waals surface area contributed by atoms with Gasteiger partial charge in [0.15, 0.2) is 0 Å². The number of ketones is 1. The van der Waals surface area contributed by atoms with Crippen LogP contribution in [0.5, 0.6) is 0 Å². The molecule has 0 saturated carbocycles. The molecule has 0 rings (SSSR count). The van der Waals surface area contributed by atoms with Crippen LogP contribution in [0.25, 0.3) is 0 Å². The number of Topliss-reactive ketones (excluding diaryl/α,β-unsaturated/α-hetero) is 1. The monoisotopic (exact) mass is 222 g/mol. The predicted molar refractivity (Wildman–Crippen MR) is 38.8 cm³/mol. The average molecular weight is 221 g/mol. The van der Waals surface area contributed by atoms with Gasteiger partial charge in [-0.2, -0.15) is 0 Å². The summed E-state index contributed by atoms with van der Waals surface area (Å²) in [5.74, 6) is 0.369. The molecule has 0 aliphatic rings. The van der Waals surface area contributed by atoms with Crippen LogP contribution in [-0.4, -0.2) is 24.2 Å². The molecule has 0 fully saturated rings. The number of carbonyl (C=O) groups is 1. The van der Waals surface area contributed by atoms with E-state index in [4.69, 9.17) is 0 Å². The van der Waals surface area contributed by atoms with Gasteiger partial charge < -0.3 is 0 Å². The summed E-state index contributed by atoms with van der Waals surface area (Å²) in [5.41, 5.74) is 0. The van der Waals surface area contributed by atoms with Gasteiger partial charge in [-0.05, 0) is 0 Å². The molecule has 0 aliphatic carbocycles. The molecule has 0 spiro atoms. The second kappa shape index (κ2) is 2.85. The molecular formula is C6H14OSn. The first-order valence-electron chi connectivity index (χ1n) is 2.91. The number of carbonyl (C=O) groups excluding carboxylic acids is 1. The van der Waals surface area contributed by atoms with Crippen molar-refractivity contribution in [1.29, 1.82) is 0 Å².